The van der Waals surface area contributed by atoms with Gasteiger partial charge in [0.05, 0.1) is 11.4 Å². The van der Waals surface area contributed by atoms with E-state index >= 15 is 0 Å². The zero-order valence-corrected chi connectivity index (χ0v) is 11.1. The molecule has 0 aromatic heterocycles. The summed E-state index contributed by atoms with van der Waals surface area (Å²) in [5.74, 6) is 0.694. The van der Waals surface area contributed by atoms with Gasteiger partial charge in [0.25, 0.3) is 0 Å². The molecule has 96 valence electrons. The minimum absolute atomic E-state index is 0.0849. The monoisotopic (exact) mass is 264 g/mol. The molecule has 1 aromatic carbocycles. The Labute approximate surface area is 111 Å². The van der Waals surface area contributed by atoms with Crippen LogP contribution in [0.2, 0.25) is 0 Å². The summed E-state index contributed by atoms with van der Waals surface area (Å²) >= 11 is 1.54. The van der Waals surface area contributed by atoms with Crippen LogP contribution in [0.1, 0.15) is 19.8 Å². The maximum atomic E-state index is 11.9. The van der Waals surface area contributed by atoms with Gasteiger partial charge in [0, 0.05) is 23.5 Å². The fraction of sp³-hybridized carbons (Fsp3) is 0.385. The summed E-state index contributed by atoms with van der Waals surface area (Å²) in [4.78, 5) is 25.7. The van der Waals surface area contributed by atoms with Crippen LogP contribution in [-0.4, -0.2) is 24.0 Å². The topological polar surface area (TPSA) is 63.4 Å². The molecule has 0 aliphatic carbocycles. The molecule has 2 rings (SSSR count). The first-order valence-electron chi connectivity index (χ1n) is 5.90. The molecule has 0 spiro atoms. The van der Waals surface area contributed by atoms with E-state index in [1.807, 2.05) is 18.2 Å². The zero-order chi connectivity index (χ0) is 13.1. The smallest absolute Gasteiger partial charge is 0.237 e. The van der Waals surface area contributed by atoms with Crippen molar-refractivity contribution in [1.82, 2.24) is 0 Å². The van der Waals surface area contributed by atoms with Crippen molar-refractivity contribution in [3.8, 4) is 0 Å². The number of nitrogen functional groups attached to an aromatic ring is 1. The van der Waals surface area contributed by atoms with E-state index in [1.54, 1.807) is 11.8 Å². The molecule has 4 nitrogen and oxygen atoms in total. The van der Waals surface area contributed by atoms with Crippen LogP contribution in [0.4, 0.5) is 11.4 Å². The summed E-state index contributed by atoms with van der Waals surface area (Å²) in [7, 11) is 0. The van der Waals surface area contributed by atoms with Gasteiger partial charge in [0.15, 0.2) is 0 Å². The molecule has 2 N–H and O–H groups in total. The highest BCUT2D eigenvalue weighted by Crippen LogP contribution is 2.36. The Hall–Kier alpha value is -1.49. The van der Waals surface area contributed by atoms with Crippen LogP contribution in [0, 0.1) is 0 Å². The molecule has 1 aliphatic heterocycles. The van der Waals surface area contributed by atoms with E-state index in [4.69, 9.17) is 5.73 Å². The third-order valence-corrected chi connectivity index (χ3v) is 3.88. The van der Waals surface area contributed by atoms with E-state index in [2.05, 4.69) is 0 Å². The Bertz CT molecular complexity index is 488. The molecule has 1 amide bonds. The maximum absolute atomic E-state index is 11.9. The van der Waals surface area contributed by atoms with Crippen molar-refractivity contribution < 1.29 is 9.59 Å². The van der Waals surface area contributed by atoms with Gasteiger partial charge in [0.1, 0.15) is 5.78 Å². The lowest BCUT2D eigenvalue weighted by molar-refractivity contribution is -0.118. The lowest BCUT2D eigenvalue weighted by Gasteiger charge is -2.29. The Morgan fingerprint density at radius 1 is 1.50 bits per heavy atom. The summed E-state index contributed by atoms with van der Waals surface area (Å²) in [6.45, 7) is 2.15. The predicted molar refractivity (Wildman–Crippen MR) is 73.8 cm³/mol. The molecule has 5 heteroatoms. The average molecular weight is 264 g/mol. The normalized spacial score (nSPS) is 14.5. The fourth-order valence-electron chi connectivity index (χ4n) is 1.95. The molecule has 1 heterocycles. The van der Waals surface area contributed by atoms with Crippen LogP contribution in [-0.2, 0) is 9.59 Å². The number of carbonyl (C=O) groups excluding carboxylic acids is 2. The van der Waals surface area contributed by atoms with Gasteiger partial charge in [0.2, 0.25) is 5.91 Å². The number of rotatable bonds is 4. The Balaban J connectivity index is 2.16. The highest BCUT2D eigenvalue weighted by atomic mass is 32.2. The van der Waals surface area contributed by atoms with Gasteiger partial charge < -0.3 is 15.4 Å². The van der Waals surface area contributed by atoms with E-state index in [0.717, 1.165) is 10.6 Å². The number of ketones is 1. The van der Waals surface area contributed by atoms with E-state index in [-0.39, 0.29) is 11.7 Å². The molecule has 0 fully saturated rings. The standard InChI is InChI=1S/C13H16N2O2S/c1-9(16)3-2-6-15-11-7-10(14)4-5-12(11)18-8-13(15)17/h4-5,7H,2-3,6,8,14H2,1H3. The maximum Gasteiger partial charge on any atom is 0.237 e. The van der Waals surface area contributed by atoms with E-state index in [9.17, 15) is 9.59 Å². The van der Waals surface area contributed by atoms with Gasteiger partial charge in [-0.05, 0) is 31.5 Å². The third-order valence-electron chi connectivity index (χ3n) is 2.84. The summed E-state index contributed by atoms with van der Waals surface area (Å²) in [6, 6.07) is 5.61. The van der Waals surface area contributed by atoms with Crippen molar-refractivity contribution in [2.75, 3.05) is 22.9 Å². The third kappa shape index (κ3) is 2.85. The van der Waals surface area contributed by atoms with E-state index in [1.165, 1.54) is 11.8 Å². The van der Waals surface area contributed by atoms with Crippen molar-refractivity contribution >= 4 is 34.8 Å². The summed E-state index contributed by atoms with van der Waals surface area (Å²) in [6.07, 6.45) is 1.20. The number of thioether (sulfide) groups is 1. The number of hydrogen-bond donors (Lipinski definition) is 1. The SMILES string of the molecule is CC(=O)CCCN1C(=O)CSc2ccc(N)cc21. The fourth-order valence-corrected chi connectivity index (χ4v) is 2.87. The highest BCUT2D eigenvalue weighted by Gasteiger charge is 2.24. The van der Waals surface area contributed by atoms with Gasteiger partial charge in [-0.2, -0.15) is 0 Å². The van der Waals surface area contributed by atoms with E-state index in [0.29, 0.717) is 30.8 Å². The lowest BCUT2D eigenvalue weighted by atomic mass is 10.2. The first-order chi connectivity index (χ1) is 8.58. The number of fused-ring (bicyclic) bond motifs is 1. The second-order valence-electron chi connectivity index (χ2n) is 4.37. The average Bonchev–Trinajstić information content (AvgIpc) is 2.31. The summed E-state index contributed by atoms with van der Waals surface area (Å²) in [5, 5.41) is 0. The van der Waals surface area contributed by atoms with Crippen LogP contribution < -0.4 is 10.6 Å². The molecule has 0 radical (unpaired) electrons. The largest absolute Gasteiger partial charge is 0.399 e. The minimum Gasteiger partial charge on any atom is -0.399 e. The van der Waals surface area contributed by atoms with Gasteiger partial charge in [-0.1, -0.05) is 0 Å². The number of hydrogen-bond acceptors (Lipinski definition) is 4. The van der Waals surface area contributed by atoms with Crippen LogP contribution in [0.5, 0.6) is 0 Å². The molecule has 18 heavy (non-hydrogen) atoms. The number of nitrogens with two attached hydrogens (primary N) is 1. The predicted octanol–water partition coefficient (Wildman–Crippen LogP) is 2.08. The molecule has 1 aromatic rings. The van der Waals surface area contributed by atoms with Gasteiger partial charge in [-0.15, -0.1) is 11.8 Å². The molecule has 0 unspecified atom stereocenters. The molecular formula is C13H16N2O2S. The lowest BCUT2D eigenvalue weighted by Crippen LogP contribution is -2.36. The number of benzene rings is 1. The quantitative estimate of drug-likeness (QED) is 0.846. The number of carbonyl (C=O) groups is 2. The number of amides is 1. The molecule has 0 bridgehead atoms. The van der Waals surface area contributed by atoms with Crippen molar-refractivity contribution in [2.24, 2.45) is 0 Å². The molecule has 0 saturated heterocycles. The van der Waals surface area contributed by atoms with Crippen LogP contribution in [0.25, 0.3) is 0 Å². The van der Waals surface area contributed by atoms with Crippen LogP contribution >= 0.6 is 11.8 Å². The molecule has 0 saturated carbocycles. The van der Waals surface area contributed by atoms with Gasteiger partial charge in [-0.3, -0.25) is 4.79 Å². The van der Waals surface area contributed by atoms with Crippen molar-refractivity contribution in [1.29, 1.82) is 0 Å². The Morgan fingerprint density at radius 2 is 2.28 bits per heavy atom. The zero-order valence-electron chi connectivity index (χ0n) is 10.3. The minimum atomic E-state index is 0.0849. The highest BCUT2D eigenvalue weighted by molar-refractivity contribution is 8.00. The van der Waals surface area contributed by atoms with Crippen LogP contribution in [0.15, 0.2) is 23.1 Å². The summed E-state index contributed by atoms with van der Waals surface area (Å²) in [5.41, 5.74) is 7.29. The first-order valence-corrected chi connectivity index (χ1v) is 6.88. The van der Waals surface area contributed by atoms with Gasteiger partial charge >= 0.3 is 0 Å². The molecule has 1 aliphatic rings. The van der Waals surface area contributed by atoms with Crippen molar-refractivity contribution in [2.45, 2.75) is 24.7 Å². The van der Waals surface area contributed by atoms with Crippen LogP contribution in [0.3, 0.4) is 0 Å². The van der Waals surface area contributed by atoms with Crippen molar-refractivity contribution in [3.63, 3.8) is 0 Å². The second-order valence-corrected chi connectivity index (χ2v) is 5.38. The Morgan fingerprint density at radius 3 is 3.00 bits per heavy atom. The number of Topliss-reactive ketones (excluding diaryl/α,β-unsaturated/α-hetero) is 1. The molecular weight excluding hydrogens is 248 g/mol. The first kappa shape index (κ1) is 13.0. The molecule has 0 atom stereocenters. The van der Waals surface area contributed by atoms with E-state index < -0.39 is 0 Å². The van der Waals surface area contributed by atoms with Gasteiger partial charge in [-0.25, -0.2) is 0 Å². The summed E-state index contributed by atoms with van der Waals surface area (Å²) < 4.78 is 0. The Kier molecular flexibility index (Phi) is 3.91. The van der Waals surface area contributed by atoms with Crippen molar-refractivity contribution in [3.05, 3.63) is 18.2 Å². The second kappa shape index (κ2) is 5.44. The number of anilines is 2. The number of nitrogens with zero attached hydrogens (tertiary/aromatic N) is 1.